The molecule has 3 nitrogen and oxygen atoms in total. The summed E-state index contributed by atoms with van der Waals surface area (Å²) in [6.45, 7) is 0. The Kier molecular flexibility index (Phi) is 5.65. The minimum absolute atomic E-state index is 0. The Bertz CT molecular complexity index is 566. The summed E-state index contributed by atoms with van der Waals surface area (Å²) >= 11 is 12.2. The van der Waals surface area contributed by atoms with E-state index in [0.29, 0.717) is 16.1 Å². The zero-order valence-corrected chi connectivity index (χ0v) is 14.9. The third kappa shape index (κ3) is 2.96. The summed E-state index contributed by atoms with van der Waals surface area (Å²) in [7, 11) is 3.58. The maximum absolute atomic E-state index is 12.3. The van der Waals surface area contributed by atoms with Crippen LogP contribution in [0.2, 0.25) is 10.0 Å². The van der Waals surface area contributed by atoms with E-state index in [4.69, 9.17) is 27.9 Å². The molecule has 2 heterocycles. The summed E-state index contributed by atoms with van der Waals surface area (Å²) in [5.74, 6) is -0.0971. The number of hydrogen-bond donors (Lipinski definition) is 0. The highest BCUT2D eigenvalue weighted by Crippen LogP contribution is 2.47. The maximum atomic E-state index is 12.3. The van der Waals surface area contributed by atoms with Crippen molar-refractivity contribution in [2.45, 2.75) is 37.3 Å². The summed E-state index contributed by atoms with van der Waals surface area (Å²) in [6.07, 6.45) is 3.16. The molecule has 0 aliphatic carbocycles. The minimum Gasteiger partial charge on any atom is -0.469 e. The van der Waals surface area contributed by atoms with Gasteiger partial charge in [-0.15, -0.1) is 12.4 Å². The molecule has 0 saturated carbocycles. The summed E-state index contributed by atoms with van der Waals surface area (Å²) < 4.78 is 5.07. The maximum Gasteiger partial charge on any atom is 0.310 e. The van der Waals surface area contributed by atoms with Crippen LogP contribution in [0.25, 0.3) is 0 Å². The number of esters is 1. The van der Waals surface area contributed by atoms with E-state index in [1.807, 2.05) is 18.2 Å². The van der Waals surface area contributed by atoms with Gasteiger partial charge in [0.1, 0.15) is 0 Å². The second-order valence-corrected chi connectivity index (χ2v) is 6.84. The molecule has 2 aliphatic heterocycles. The van der Waals surface area contributed by atoms with Crippen molar-refractivity contribution in [3.63, 3.8) is 0 Å². The molecule has 0 N–H and O–H groups in total. The van der Waals surface area contributed by atoms with Crippen molar-refractivity contribution >= 4 is 41.6 Å². The summed E-state index contributed by atoms with van der Waals surface area (Å²) in [6, 6.07) is 6.49. The number of hydrogen-bond acceptors (Lipinski definition) is 3. The van der Waals surface area contributed by atoms with Gasteiger partial charge in [-0.05, 0) is 44.0 Å². The Morgan fingerprint density at radius 1 is 1.27 bits per heavy atom. The van der Waals surface area contributed by atoms with Crippen molar-refractivity contribution in [1.29, 1.82) is 0 Å². The van der Waals surface area contributed by atoms with Gasteiger partial charge in [0.25, 0.3) is 0 Å². The number of carbonyl (C=O) groups is 1. The van der Waals surface area contributed by atoms with Gasteiger partial charge in [0.2, 0.25) is 0 Å². The van der Waals surface area contributed by atoms with Crippen molar-refractivity contribution in [3.05, 3.63) is 33.8 Å². The summed E-state index contributed by atoms with van der Waals surface area (Å²) in [4.78, 5) is 14.7. The third-order valence-corrected chi connectivity index (χ3v) is 5.85. The van der Waals surface area contributed by atoms with Crippen LogP contribution in [0.15, 0.2) is 18.2 Å². The van der Waals surface area contributed by atoms with Crippen LogP contribution in [0.5, 0.6) is 0 Å². The van der Waals surface area contributed by atoms with Crippen molar-refractivity contribution in [3.8, 4) is 0 Å². The van der Waals surface area contributed by atoms with Crippen LogP contribution in [0.3, 0.4) is 0 Å². The fraction of sp³-hybridized carbons (Fsp3) is 0.562. The van der Waals surface area contributed by atoms with Gasteiger partial charge in [0, 0.05) is 18.0 Å². The molecular weight excluding hydrogens is 345 g/mol. The molecule has 4 atom stereocenters. The topological polar surface area (TPSA) is 29.5 Å². The molecule has 0 aromatic heterocycles. The standard InChI is InChI=1S/C16H19Cl2NO2.ClH/c1-19-10-4-6-14(19)15(16(20)21-2)11(8-10)9-3-5-12(17)13(18)7-9;/h3,5,7,10-11,14-15H,4,6,8H2,1-2H3;1H/t10-,11+,14+,15-;/m0./s1. The Morgan fingerprint density at radius 2 is 2.00 bits per heavy atom. The number of ether oxygens (including phenoxy) is 1. The lowest BCUT2D eigenvalue weighted by Gasteiger charge is -2.41. The fourth-order valence-electron chi connectivity index (χ4n) is 4.01. The average molecular weight is 365 g/mol. The first-order valence-electron chi connectivity index (χ1n) is 7.27. The Morgan fingerprint density at radius 3 is 2.64 bits per heavy atom. The minimum atomic E-state index is -0.129. The first-order chi connectivity index (χ1) is 10.0. The van der Waals surface area contributed by atoms with Gasteiger partial charge in [-0.2, -0.15) is 0 Å². The molecule has 22 heavy (non-hydrogen) atoms. The molecule has 6 heteroatoms. The number of benzene rings is 1. The molecule has 1 aromatic carbocycles. The van der Waals surface area contributed by atoms with Crippen LogP contribution in [-0.4, -0.2) is 37.1 Å². The van der Waals surface area contributed by atoms with E-state index in [2.05, 4.69) is 11.9 Å². The summed E-state index contributed by atoms with van der Waals surface area (Å²) in [5.41, 5.74) is 1.09. The van der Waals surface area contributed by atoms with Crippen LogP contribution < -0.4 is 0 Å². The van der Waals surface area contributed by atoms with Gasteiger partial charge in [0.15, 0.2) is 0 Å². The lowest BCUT2D eigenvalue weighted by atomic mass is 9.76. The van der Waals surface area contributed by atoms with E-state index >= 15 is 0 Å². The first-order valence-corrected chi connectivity index (χ1v) is 8.03. The largest absolute Gasteiger partial charge is 0.469 e. The number of piperidine rings is 1. The fourth-order valence-corrected chi connectivity index (χ4v) is 4.32. The number of carbonyl (C=O) groups excluding carboxylic acids is 1. The Labute approximate surface area is 147 Å². The molecule has 2 saturated heterocycles. The quantitative estimate of drug-likeness (QED) is 0.738. The predicted molar refractivity (Wildman–Crippen MR) is 91.1 cm³/mol. The molecule has 2 bridgehead atoms. The molecule has 0 spiro atoms. The van der Waals surface area contributed by atoms with Gasteiger partial charge >= 0.3 is 5.97 Å². The predicted octanol–water partition coefficient (Wildman–Crippen LogP) is 4.15. The first kappa shape index (κ1) is 17.9. The third-order valence-electron chi connectivity index (χ3n) is 5.11. The van der Waals surface area contributed by atoms with E-state index in [9.17, 15) is 4.79 Å². The second-order valence-electron chi connectivity index (χ2n) is 6.03. The normalized spacial score (nSPS) is 30.7. The van der Waals surface area contributed by atoms with Crippen LogP contribution in [-0.2, 0) is 9.53 Å². The highest BCUT2D eigenvalue weighted by molar-refractivity contribution is 6.42. The van der Waals surface area contributed by atoms with E-state index < -0.39 is 0 Å². The van der Waals surface area contributed by atoms with Gasteiger partial charge < -0.3 is 4.74 Å². The highest BCUT2D eigenvalue weighted by atomic mass is 35.5. The number of methoxy groups -OCH3 is 1. The van der Waals surface area contributed by atoms with Gasteiger partial charge in [-0.25, -0.2) is 0 Å². The van der Waals surface area contributed by atoms with Gasteiger partial charge in [-0.1, -0.05) is 29.3 Å². The van der Waals surface area contributed by atoms with E-state index in [0.717, 1.165) is 24.8 Å². The average Bonchev–Trinajstić information content (AvgIpc) is 2.72. The molecule has 0 unspecified atom stereocenters. The lowest BCUT2D eigenvalue weighted by Crippen LogP contribution is -2.49. The number of fused-ring (bicyclic) bond motifs is 2. The molecular formula is C16H20Cl3NO2. The molecule has 2 aliphatic rings. The number of nitrogens with zero attached hydrogens (tertiary/aromatic N) is 1. The number of halogens is 3. The van der Waals surface area contributed by atoms with E-state index in [1.165, 1.54) is 7.11 Å². The highest BCUT2D eigenvalue weighted by Gasteiger charge is 2.49. The van der Waals surface area contributed by atoms with Gasteiger partial charge in [-0.3, -0.25) is 9.69 Å². The van der Waals surface area contributed by atoms with Crippen LogP contribution in [0, 0.1) is 5.92 Å². The SMILES string of the molecule is COC(=O)[C@H]1[C@@H](c2ccc(Cl)c(Cl)c2)C[C@@H]2CC[C@H]1N2C.Cl. The molecule has 1 aromatic rings. The van der Waals surface area contributed by atoms with Crippen molar-refractivity contribution in [1.82, 2.24) is 4.90 Å². The number of rotatable bonds is 2. The van der Waals surface area contributed by atoms with E-state index in [1.54, 1.807) is 0 Å². The van der Waals surface area contributed by atoms with Crippen molar-refractivity contribution in [2.24, 2.45) is 5.92 Å². The van der Waals surface area contributed by atoms with Crippen LogP contribution in [0.1, 0.15) is 30.7 Å². The van der Waals surface area contributed by atoms with Crippen molar-refractivity contribution < 1.29 is 9.53 Å². The molecule has 0 amide bonds. The van der Waals surface area contributed by atoms with E-state index in [-0.39, 0.29) is 36.3 Å². The van der Waals surface area contributed by atoms with Crippen molar-refractivity contribution in [2.75, 3.05) is 14.2 Å². The van der Waals surface area contributed by atoms with Gasteiger partial charge in [0.05, 0.1) is 23.1 Å². The Hall–Kier alpha value is -0.480. The summed E-state index contributed by atoms with van der Waals surface area (Å²) in [5, 5.41) is 1.09. The molecule has 2 fully saturated rings. The lowest BCUT2D eigenvalue weighted by molar-refractivity contribution is -0.150. The monoisotopic (exact) mass is 363 g/mol. The van der Waals surface area contributed by atoms with Crippen LogP contribution in [0.4, 0.5) is 0 Å². The Balaban J connectivity index is 0.00000176. The molecule has 3 rings (SSSR count). The van der Waals surface area contributed by atoms with Crippen LogP contribution >= 0.6 is 35.6 Å². The molecule has 0 radical (unpaired) electrons. The zero-order valence-electron chi connectivity index (χ0n) is 12.6. The zero-order chi connectivity index (χ0) is 15.1. The molecule has 122 valence electrons. The second kappa shape index (κ2) is 6.96. The smallest absolute Gasteiger partial charge is 0.310 e.